The third-order valence-corrected chi connectivity index (χ3v) is 5.46. The van der Waals surface area contributed by atoms with Gasteiger partial charge in [0.2, 0.25) is 5.95 Å². The van der Waals surface area contributed by atoms with Crippen molar-refractivity contribution in [3.05, 3.63) is 48.2 Å². The summed E-state index contributed by atoms with van der Waals surface area (Å²) in [4.78, 5) is 14.2. The lowest BCUT2D eigenvalue weighted by Crippen LogP contribution is -2.42. The molecule has 1 aliphatic rings. The maximum absolute atomic E-state index is 6.21. The fraction of sp³-hybridized carbons (Fsp3) is 0.316. The summed E-state index contributed by atoms with van der Waals surface area (Å²) in [7, 11) is 0. The Kier molecular flexibility index (Phi) is 5.08. The molecule has 2 heterocycles. The molecule has 1 aromatic carbocycles. The molecule has 134 valence electrons. The standard InChI is InChI=1S/C19H22N6S/c20-15-6-1-2-7-16(15)24-19-22-9-8-18(25-19)23-14-5-3-4-13(10-14)17-11-21-12-26-17/h3-5,8-12,15-16H,1-2,6-7,20H2,(H2,22,23,24,25)/t15-,16+/m0/s1. The van der Waals surface area contributed by atoms with Gasteiger partial charge in [-0.15, -0.1) is 11.3 Å². The van der Waals surface area contributed by atoms with Crippen LogP contribution >= 0.6 is 11.3 Å². The number of anilines is 3. The number of hydrogen-bond acceptors (Lipinski definition) is 7. The van der Waals surface area contributed by atoms with E-state index in [0.717, 1.165) is 34.8 Å². The van der Waals surface area contributed by atoms with E-state index in [2.05, 4.69) is 37.7 Å². The van der Waals surface area contributed by atoms with E-state index < -0.39 is 0 Å². The number of nitrogens with one attached hydrogen (secondary N) is 2. The van der Waals surface area contributed by atoms with Crippen molar-refractivity contribution >= 4 is 28.8 Å². The number of aromatic nitrogens is 3. The highest BCUT2D eigenvalue weighted by Gasteiger charge is 2.22. The molecule has 0 bridgehead atoms. The van der Waals surface area contributed by atoms with Gasteiger partial charge in [-0.05, 0) is 36.6 Å². The normalized spacial score (nSPS) is 19.9. The predicted molar refractivity (Wildman–Crippen MR) is 107 cm³/mol. The van der Waals surface area contributed by atoms with Gasteiger partial charge in [0, 0.05) is 30.2 Å². The second-order valence-electron chi connectivity index (χ2n) is 6.54. The molecule has 0 radical (unpaired) electrons. The van der Waals surface area contributed by atoms with Gasteiger partial charge in [-0.25, -0.2) is 4.98 Å². The lowest BCUT2D eigenvalue weighted by atomic mass is 9.91. The van der Waals surface area contributed by atoms with Crippen LogP contribution in [0.25, 0.3) is 10.4 Å². The molecule has 2 aromatic heterocycles. The van der Waals surface area contributed by atoms with Crippen LogP contribution in [0.3, 0.4) is 0 Å². The van der Waals surface area contributed by atoms with Crippen molar-refractivity contribution in [3.63, 3.8) is 0 Å². The molecule has 3 aromatic rings. The molecule has 0 aliphatic heterocycles. The van der Waals surface area contributed by atoms with Gasteiger partial charge in [-0.3, -0.25) is 4.98 Å². The molecule has 1 aliphatic carbocycles. The van der Waals surface area contributed by atoms with E-state index in [-0.39, 0.29) is 12.1 Å². The SMILES string of the molecule is N[C@H]1CCCC[C@H]1Nc1nccc(Nc2cccc(-c3cncs3)c2)n1. The van der Waals surface area contributed by atoms with E-state index in [1.165, 1.54) is 12.8 Å². The van der Waals surface area contributed by atoms with Gasteiger partial charge in [-0.1, -0.05) is 25.0 Å². The molecule has 0 amide bonds. The molecule has 2 atom stereocenters. The number of benzene rings is 1. The lowest BCUT2D eigenvalue weighted by molar-refractivity contribution is 0.402. The number of nitrogens with two attached hydrogens (primary N) is 1. The molecular formula is C19H22N6S. The van der Waals surface area contributed by atoms with E-state index in [0.29, 0.717) is 5.95 Å². The fourth-order valence-corrected chi connectivity index (χ4v) is 3.88. The van der Waals surface area contributed by atoms with Crippen LogP contribution in [-0.2, 0) is 0 Å². The first-order valence-corrected chi connectivity index (χ1v) is 9.77. The summed E-state index contributed by atoms with van der Waals surface area (Å²) in [5, 5.41) is 6.75. The molecule has 1 fully saturated rings. The van der Waals surface area contributed by atoms with Crippen LogP contribution < -0.4 is 16.4 Å². The van der Waals surface area contributed by atoms with Crippen molar-refractivity contribution in [1.82, 2.24) is 15.0 Å². The van der Waals surface area contributed by atoms with Gasteiger partial charge in [0.1, 0.15) is 5.82 Å². The van der Waals surface area contributed by atoms with Gasteiger partial charge in [0.25, 0.3) is 0 Å². The minimum atomic E-state index is 0.167. The van der Waals surface area contributed by atoms with E-state index in [9.17, 15) is 0 Å². The smallest absolute Gasteiger partial charge is 0.224 e. The van der Waals surface area contributed by atoms with Crippen molar-refractivity contribution in [2.75, 3.05) is 10.6 Å². The zero-order chi connectivity index (χ0) is 17.8. The Hall–Kier alpha value is -2.51. The van der Waals surface area contributed by atoms with Gasteiger partial charge < -0.3 is 16.4 Å². The van der Waals surface area contributed by atoms with Crippen molar-refractivity contribution in [2.24, 2.45) is 5.73 Å². The Morgan fingerprint density at radius 1 is 1.15 bits per heavy atom. The van der Waals surface area contributed by atoms with Crippen LogP contribution in [-0.4, -0.2) is 27.0 Å². The average molecular weight is 366 g/mol. The first-order chi connectivity index (χ1) is 12.8. The molecule has 0 unspecified atom stereocenters. The van der Waals surface area contributed by atoms with Gasteiger partial charge in [0.15, 0.2) is 0 Å². The lowest BCUT2D eigenvalue weighted by Gasteiger charge is -2.29. The largest absolute Gasteiger partial charge is 0.350 e. The topological polar surface area (TPSA) is 88.8 Å². The maximum atomic E-state index is 6.21. The monoisotopic (exact) mass is 366 g/mol. The van der Waals surface area contributed by atoms with Crippen molar-refractivity contribution < 1.29 is 0 Å². The summed E-state index contributed by atoms with van der Waals surface area (Å²) in [6, 6.07) is 10.5. The van der Waals surface area contributed by atoms with Gasteiger partial charge >= 0.3 is 0 Å². The summed E-state index contributed by atoms with van der Waals surface area (Å²) in [6.07, 6.45) is 8.17. The van der Waals surface area contributed by atoms with E-state index >= 15 is 0 Å². The molecule has 0 saturated heterocycles. The summed E-state index contributed by atoms with van der Waals surface area (Å²) >= 11 is 1.63. The third kappa shape index (κ3) is 4.00. The first kappa shape index (κ1) is 16.9. The molecule has 1 saturated carbocycles. The van der Waals surface area contributed by atoms with Crippen LogP contribution in [0, 0.1) is 0 Å². The average Bonchev–Trinajstić information content (AvgIpc) is 3.19. The highest BCUT2D eigenvalue weighted by atomic mass is 32.1. The number of nitrogens with zero attached hydrogens (tertiary/aromatic N) is 3. The molecule has 7 heteroatoms. The van der Waals surface area contributed by atoms with Crippen LogP contribution in [0.4, 0.5) is 17.5 Å². The number of rotatable bonds is 5. The van der Waals surface area contributed by atoms with Crippen LogP contribution in [0.15, 0.2) is 48.2 Å². The minimum absolute atomic E-state index is 0.167. The van der Waals surface area contributed by atoms with Crippen molar-refractivity contribution in [3.8, 4) is 10.4 Å². The second kappa shape index (κ2) is 7.80. The van der Waals surface area contributed by atoms with Crippen molar-refractivity contribution in [1.29, 1.82) is 0 Å². The van der Waals surface area contributed by atoms with Crippen LogP contribution in [0.5, 0.6) is 0 Å². The summed E-state index contributed by atoms with van der Waals surface area (Å²) in [5.74, 6) is 1.38. The Labute approximate surface area is 156 Å². The van der Waals surface area contributed by atoms with Crippen LogP contribution in [0.1, 0.15) is 25.7 Å². The van der Waals surface area contributed by atoms with E-state index in [1.807, 2.05) is 29.9 Å². The second-order valence-corrected chi connectivity index (χ2v) is 7.42. The number of hydrogen-bond donors (Lipinski definition) is 3. The summed E-state index contributed by atoms with van der Waals surface area (Å²) in [6.45, 7) is 0. The Morgan fingerprint density at radius 2 is 2.08 bits per heavy atom. The zero-order valence-electron chi connectivity index (χ0n) is 14.4. The molecule has 0 spiro atoms. The Balaban J connectivity index is 1.48. The van der Waals surface area contributed by atoms with Gasteiger partial charge in [-0.2, -0.15) is 4.98 Å². The summed E-state index contributed by atoms with van der Waals surface area (Å²) < 4.78 is 0. The number of thiazole rings is 1. The highest BCUT2D eigenvalue weighted by Crippen LogP contribution is 2.27. The third-order valence-electron chi connectivity index (χ3n) is 4.64. The first-order valence-electron chi connectivity index (χ1n) is 8.89. The fourth-order valence-electron chi connectivity index (χ4n) is 3.26. The quantitative estimate of drug-likeness (QED) is 0.632. The zero-order valence-corrected chi connectivity index (χ0v) is 15.2. The molecule has 4 rings (SSSR count). The summed E-state index contributed by atoms with van der Waals surface area (Å²) in [5.41, 5.74) is 10.2. The Bertz CT molecular complexity index is 851. The van der Waals surface area contributed by atoms with E-state index in [4.69, 9.17) is 5.73 Å². The maximum Gasteiger partial charge on any atom is 0.224 e. The van der Waals surface area contributed by atoms with Gasteiger partial charge in [0.05, 0.1) is 10.4 Å². The molecule has 4 N–H and O–H groups in total. The molecular weight excluding hydrogens is 344 g/mol. The van der Waals surface area contributed by atoms with Crippen molar-refractivity contribution in [2.45, 2.75) is 37.8 Å². The van der Waals surface area contributed by atoms with Crippen LogP contribution in [0.2, 0.25) is 0 Å². The minimum Gasteiger partial charge on any atom is -0.350 e. The highest BCUT2D eigenvalue weighted by molar-refractivity contribution is 7.13. The Morgan fingerprint density at radius 3 is 2.92 bits per heavy atom. The molecule has 6 nitrogen and oxygen atoms in total. The van der Waals surface area contributed by atoms with E-state index in [1.54, 1.807) is 17.5 Å². The predicted octanol–water partition coefficient (Wildman–Crippen LogP) is 4.03. The molecule has 26 heavy (non-hydrogen) atoms.